The van der Waals surface area contributed by atoms with Gasteiger partial charge in [-0.15, -0.1) is 0 Å². The van der Waals surface area contributed by atoms with Crippen molar-refractivity contribution < 1.29 is 9.53 Å². The van der Waals surface area contributed by atoms with E-state index in [0.717, 1.165) is 5.82 Å². The van der Waals surface area contributed by atoms with Gasteiger partial charge < -0.3 is 9.64 Å². The van der Waals surface area contributed by atoms with Gasteiger partial charge in [0, 0.05) is 6.54 Å². The average Bonchev–Trinajstić information content (AvgIpc) is 3.14. The predicted molar refractivity (Wildman–Crippen MR) is 63.9 cm³/mol. The van der Waals surface area contributed by atoms with Crippen LogP contribution in [-0.4, -0.2) is 51.8 Å². The maximum Gasteiger partial charge on any atom is 0.230 e. The van der Waals surface area contributed by atoms with Crippen LogP contribution in [0.3, 0.4) is 0 Å². The third-order valence-electron chi connectivity index (χ3n) is 3.60. The van der Waals surface area contributed by atoms with Gasteiger partial charge in [-0.3, -0.25) is 9.89 Å². The van der Waals surface area contributed by atoms with Crippen LogP contribution < -0.4 is 0 Å². The van der Waals surface area contributed by atoms with Crippen molar-refractivity contribution >= 4 is 5.91 Å². The maximum atomic E-state index is 12.3. The Bertz CT molecular complexity index is 441. The van der Waals surface area contributed by atoms with Crippen LogP contribution in [0.25, 0.3) is 0 Å². The Morgan fingerprint density at radius 3 is 3.06 bits per heavy atom. The summed E-state index contributed by atoms with van der Waals surface area (Å²) in [7, 11) is 0. The second kappa shape index (κ2) is 4.68. The third-order valence-corrected chi connectivity index (χ3v) is 3.60. The molecule has 0 bridgehead atoms. The number of aromatic nitrogens is 3. The van der Waals surface area contributed by atoms with Gasteiger partial charge in [-0.05, 0) is 25.7 Å². The zero-order chi connectivity index (χ0) is 12.5. The molecule has 6 nitrogen and oxygen atoms in total. The summed E-state index contributed by atoms with van der Waals surface area (Å²) in [5, 5.41) is 6.79. The van der Waals surface area contributed by atoms with Gasteiger partial charge in [0.2, 0.25) is 5.91 Å². The molecule has 6 heteroatoms. The van der Waals surface area contributed by atoms with Gasteiger partial charge in [0.25, 0.3) is 0 Å². The third kappa shape index (κ3) is 2.38. The minimum Gasteiger partial charge on any atom is -0.377 e. The van der Waals surface area contributed by atoms with Crippen LogP contribution in [0.2, 0.25) is 0 Å². The summed E-state index contributed by atoms with van der Waals surface area (Å²) in [4.78, 5) is 18.4. The van der Waals surface area contributed by atoms with E-state index in [-0.39, 0.29) is 18.4 Å². The SMILES string of the molecule is Cc1nc(CC(=O)N2CCOCC2C2CC2)n[nH]1. The fourth-order valence-electron chi connectivity index (χ4n) is 2.51. The van der Waals surface area contributed by atoms with Crippen LogP contribution in [0.4, 0.5) is 0 Å². The number of carbonyl (C=O) groups excluding carboxylic acids is 1. The number of ether oxygens (including phenoxy) is 1. The molecule has 2 heterocycles. The normalized spacial score (nSPS) is 24.3. The molecule has 2 aliphatic rings. The Morgan fingerprint density at radius 1 is 1.56 bits per heavy atom. The molecule has 0 aromatic carbocycles. The summed E-state index contributed by atoms with van der Waals surface area (Å²) in [6.07, 6.45) is 2.72. The molecule has 1 atom stereocenters. The van der Waals surface area contributed by atoms with Crippen LogP contribution in [0.5, 0.6) is 0 Å². The van der Waals surface area contributed by atoms with Gasteiger partial charge in [0.1, 0.15) is 5.82 Å². The van der Waals surface area contributed by atoms with Crippen molar-refractivity contribution in [2.24, 2.45) is 5.92 Å². The van der Waals surface area contributed by atoms with Crippen molar-refractivity contribution in [3.8, 4) is 0 Å². The van der Waals surface area contributed by atoms with Crippen molar-refractivity contribution in [3.05, 3.63) is 11.6 Å². The number of carbonyl (C=O) groups is 1. The highest BCUT2D eigenvalue weighted by Gasteiger charge is 2.39. The Kier molecular flexibility index (Phi) is 3.03. The van der Waals surface area contributed by atoms with E-state index in [2.05, 4.69) is 15.2 Å². The van der Waals surface area contributed by atoms with Crippen LogP contribution >= 0.6 is 0 Å². The minimum atomic E-state index is 0.120. The minimum absolute atomic E-state index is 0.120. The number of nitrogens with zero attached hydrogens (tertiary/aromatic N) is 3. The summed E-state index contributed by atoms with van der Waals surface area (Å²) < 4.78 is 5.49. The topological polar surface area (TPSA) is 71.1 Å². The lowest BCUT2D eigenvalue weighted by atomic mass is 10.1. The number of H-pyrrole nitrogens is 1. The molecular weight excluding hydrogens is 232 g/mol. The number of amides is 1. The fraction of sp³-hybridized carbons (Fsp3) is 0.750. The van der Waals surface area contributed by atoms with E-state index >= 15 is 0 Å². The highest BCUT2D eigenvalue weighted by molar-refractivity contribution is 5.78. The number of aryl methyl sites for hydroxylation is 1. The van der Waals surface area contributed by atoms with Crippen LogP contribution in [0, 0.1) is 12.8 Å². The molecule has 0 spiro atoms. The van der Waals surface area contributed by atoms with Gasteiger partial charge in [-0.2, -0.15) is 5.10 Å². The fourth-order valence-corrected chi connectivity index (χ4v) is 2.51. The van der Waals surface area contributed by atoms with E-state index in [9.17, 15) is 4.79 Å². The number of aromatic amines is 1. The lowest BCUT2D eigenvalue weighted by molar-refractivity contribution is -0.140. The second-order valence-electron chi connectivity index (χ2n) is 5.08. The van der Waals surface area contributed by atoms with Gasteiger partial charge in [-0.25, -0.2) is 4.98 Å². The van der Waals surface area contributed by atoms with Crippen molar-refractivity contribution in [2.75, 3.05) is 19.8 Å². The molecule has 1 aliphatic heterocycles. The lowest BCUT2D eigenvalue weighted by Gasteiger charge is -2.35. The Balaban J connectivity index is 1.66. The van der Waals surface area contributed by atoms with Crippen molar-refractivity contribution in [1.82, 2.24) is 20.1 Å². The molecule has 1 unspecified atom stereocenters. The number of hydrogen-bond acceptors (Lipinski definition) is 4. The summed E-state index contributed by atoms with van der Waals surface area (Å²) >= 11 is 0. The van der Waals surface area contributed by atoms with Gasteiger partial charge >= 0.3 is 0 Å². The maximum absolute atomic E-state index is 12.3. The van der Waals surface area contributed by atoms with E-state index in [1.165, 1.54) is 12.8 Å². The van der Waals surface area contributed by atoms with E-state index in [4.69, 9.17) is 4.74 Å². The molecule has 0 radical (unpaired) electrons. The Hall–Kier alpha value is -1.43. The van der Waals surface area contributed by atoms with Crippen molar-refractivity contribution in [3.63, 3.8) is 0 Å². The largest absolute Gasteiger partial charge is 0.377 e. The average molecular weight is 250 g/mol. The molecule has 1 aliphatic carbocycles. The van der Waals surface area contributed by atoms with E-state index in [0.29, 0.717) is 31.5 Å². The first-order valence-electron chi connectivity index (χ1n) is 6.49. The molecule has 18 heavy (non-hydrogen) atoms. The molecule has 1 saturated carbocycles. The highest BCUT2D eigenvalue weighted by atomic mass is 16.5. The molecule has 1 aromatic heterocycles. The molecule has 3 rings (SSSR count). The first-order valence-corrected chi connectivity index (χ1v) is 6.49. The monoisotopic (exact) mass is 250 g/mol. The number of nitrogens with one attached hydrogen (secondary N) is 1. The number of hydrogen-bond donors (Lipinski definition) is 1. The van der Waals surface area contributed by atoms with Gasteiger partial charge in [0.15, 0.2) is 5.82 Å². The predicted octanol–water partition coefficient (Wildman–Crippen LogP) is 0.293. The van der Waals surface area contributed by atoms with E-state index < -0.39 is 0 Å². The molecule has 1 aromatic rings. The highest BCUT2D eigenvalue weighted by Crippen LogP contribution is 2.36. The zero-order valence-corrected chi connectivity index (χ0v) is 10.6. The van der Waals surface area contributed by atoms with Gasteiger partial charge in [-0.1, -0.05) is 0 Å². The van der Waals surface area contributed by atoms with Gasteiger partial charge in [0.05, 0.1) is 25.7 Å². The summed E-state index contributed by atoms with van der Waals surface area (Å²) in [6.45, 7) is 3.86. The molecule has 1 amide bonds. The molecular formula is C12H18N4O2. The van der Waals surface area contributed by atoms with E-state index in [1.807, 2.05) is 11.8 Å². The molecule has 1 N–H and O–H groups in total. The van der Waals surface area contributed by atoms with Crippen molar-refractivity contribution in [2.45, 2.75) is 32.2 Å². The van der Waals surface area contributed by atoms with Crippen molar-refractivity contribution in [1.29, 1.82) is 0 Å². The van der Waals surface area contributed by atoms with E-state index in [1.54, 1.807) is 0 Å². The molecule has 2 fully saturated rings. The van der Waals surface area contributed by atoms with Crippen LogP contribution in [0.1, 0.15) is 24.5 Å². The quantitative estimate of drug-likeness (QED) is 0.837. The number of rotatable bonds is 3. The summed E-state index contributed by atoms with van der Waals surface area (Å²) in [5.41, 5.74) is 0. The number of morpholine rings is 1. The first-order chi connectivity index (χ1) is 8.74. The summed E-state index contributed by atoms with van der Waals surface area (Å²) in [5.74, 6) is 2.09. The molecule has 1 saturated heterocycles. The zero-order valence-electron chi connectivity index (χ0n) is 10.6. The lowest BCUT2D eigenvalue weighted by Crippen LogP contribution is -2.50. The standard InChI is InChI=1S/C12H18N4O2/c1-8-13-11(15-14-8)6-12(17)16-4-5-18-7-10(16)9-2-3-9/h9-10H,2-7H2,1H3,(H,13,14,15). The smallest absolute Gasteiger partial charge is 0.230 e. The Morgan fingerprint density at radius 2 is 2.39 bits per heavy atom. The van der Waals surface area contributed by atoms with Crippen LogP contribution in [-0.2, 0) is 16.0 Å². The molecule has 98 valence electrons. The second-order valence-corrected chi connectivity index (χ2v) is 5.08. The van der Waals surface area contributed by atoms with Crippen LogP contribution in [0.15, 0.2) is 0 Å². The first kappa shape index (κ1) is 11.6. The summed E-state index contributed by atoms with van der Waals surface area (Å²) in [6, 6.07) is 0.270. The Labute approximate surface area is 106 Å².